The third kappa shape index (κ3) is 4.49. The quantitative estimate of drug-likeness (QED) is 0.658. The van der Waals surface area contributed by atoms with Crippen molar-refractivity contribution in [2.24, 2.45) is 10.7 Å². The molecule has 1 aromatic heterocycles. The fourth-order valence-corrected chi connectivity index (χ4v) is 2.82. The van der Waals surface area contributed by atoms with Crippen LogP contribution < -0.4 is 15.8 Å². The van der Waals surface area contributed by atoms with Crippen LogP contribution in [0.1, 0.15) is 18.7 Å². The standard InChI is InChI=1S/C16H21N3OS/c1-11(2)19-16(17)18-10-14-8-9-15(21-14)12-4-6-13(20-3)7-5-12/h4-9,11H,10H2,1-3H3,(H3,17,18,19). The Bertz CT molecular complexity index is 602. The summed E-state index contributed by atoms with van der Waals surface area (Å²) in [7, 11) is 1.67. The molecule has 2 rings (SSSR count). The van der Waals surface area contributed by atoms with Crippen molar-refractivity contribution in [3.63, 3.8) is 0 Å². The maximum absolute atomic E-state index is 5.80. The molecule has 0 saturated heterocycles. The third-order valence-electron chi connectivity index (χ3n) is 2.88. The van der Waals surface area contributed by atoms with E-state index in [0.717, 1.165) is 5.75 Å². The number of nitrogens with zero attached hydrogens (tertiary/aromatic N) is 1. The Kier molecular flexibility index (Phi) is 5.22. The van der Waals surface area contributed by atoms with E-state index >= 15 is 0 Å². The van der Waals surface area contributed by atoms with E-state index in [-0.39, 0.29) is 0 Å². The molecule has 0 spiro atoms. The molecule has 4 nitrogen and oxygen atoms in total. The number of thiophene rings is 1. The smallest absolute Gasteiger partial charge is 0.189 e. The van der Waals surface area contributed by atoms with Gasteiger partial charge in [0.25, 0.3) is 0 Å². The first-order valence-electron chi connectivity index (χ1n) is 6.88. The number of rotatable bonds is 5. The summed E-state index contributed by atoms with van der Waals surface area (Å²) in [5, 5.41) is 3.08. The van der Waals surface area contributed by atoms with Gasteiger partial charge < -0.3 is 15.8 Å². The molecule has 0 aliphatic carbocycles. The molecule has 0 aliphatic heterocycles. The largest absolute Gasteiger partial charge is 0.497 e. The van der Waals surface area contributed by atoms with E-state index < -0.39 is 0 Å². The Morgan fingerprint density at radius 3 is 2.57 bits per heavy atom. The topological polar surface area (TPSA) is 59.6 Å². The number of benzene rings is 1. The van der Waals surface area contributed by atoms with E-state index in [1.54, 1.807) is 18.4 Å². The summed E-state index contributed by atoms with van der Waals surface area (Å²) in [5.41, 5.74) is 6.99. The van der Waals surface area contributed by atoms with E-state index in [4.69, 9.17) is 10.5 Å². The van der Waals surface area contributed by atoms with Gasteiger partial charge in [-0.3, -0.25) is 0 Å². The first kappa shape index (κ1) is 15.4. The molecule has 0 aliphatic rings. The molecule has 2 aromatic rings. The summed E-state index contributed by atoms with van der Waals surface area (Å²) in [6.07, 6.45) is 0. The lowest BCUT2D eigenvalue weighted by Gasteiger charge is -2.07. The van der Waals surface area contributed by atoms with E-state index in [2.05, 4.69) is 34.6 Å². The van der Waals surface area contributed by atoms with Crippen LogP contribution in [-0.2, 0) is 6.54 Å². The molecule has 0 saturated carbocycles. The van der Waals surface area contributed by atoms with Crippen LogP contribution in [0, 0.1) is 0 Å². The number of nitrogens with one attached hydrogen (secondary N) is 1. The second-order valence-corrected chi connectivity index (χ2v) is 6.16. The Labute approximate surface area is 129 Å². The summed E-state index contributed by atoms with van der Waals surface area (Å²) < 4.78 is 5.17. The molecule has 112 valence electrons. The van der Waals surface area contributed by atoms with Gasteiger partial charge in [-0.1, -0.05) is 0 Å². The molecule has 1 heterocycles. The van der Waals surface area contributed by atoms with Gasteiger partial charge in [0.15, 0.2) is 5.96 Å². The Morgan fingerprint density at radius 1 is 1.24 bits per heavy atom. The molecule has 21 heavy (non-hydrogen) atoms. The third-order valence-corrected chi connectivity index (χ3v) is 4.00. The van der Waals surface area contributed by atoms with Crippen LogP contribution in [0.25, 0.3) is 10.4 Å². The summed E-state index contributed by atoms with van der Waals surface area (Å²) >= 11 is 1.73. The van der Waals surface area contributed by atoms with Crippen molar-refractivity contribution in [2.45, 2.75) is 26.4 Å². The van der Waals surface area contributed by atoms with Crippen LogP contribution in [0.4, 0.5) is 0 Å². The highest BCUT2D eigenvalue weighted by atomic mass is 32.1. The number of methoxy groups -OCH3 is 1. The molecule has 1 aromatic carbocycles. The summed E-state index contributed by atoms with van der Waals surface area (Å²) in [4.78, 5) is 6.75. The lowest BCUT2D eigenvalue weighted by Crippen LogP contribution is -2.36. The number of ether oxygens (including phenoxy) is 1. The van der Waals surface area contributed by atoms with Gasteiger partial charge in [0.2, 0.25) is 0 Å². The fourth-order valence-electron chi connectivity index (χ4n) is 1.88. The Hall–Kier alpha value is -2.01. The minimum atomic E-state index is 0.298. The lowest BCUT2D eigenvalue weighted by atomic mass is 10.2. The van der Waals surface area contributed by atoms with Gasteiger partial charge in [0, 0.05) is 15.8 Å². The molecule has 5 heteroatoms. The normalized spacial score (nSPS) is 11.7. The minimum Gasteiger partial charge on any atom is -0.497 e. The average Bonchev–Trinajstić information content (AvgIpc) is 2.93. The highest BCUT2D eigenvalue weighted by Crippen LogP contribution is 2.29. The zero-order chi connectivity index (χ0) is 15.2. The van der Waals surface area contributed by atoms with Crippen molar-refractivity contribution in [2.75, 3.05) is 7.11 Å². The molecule has 0 unspecified atom stereocenters. The molecule has 0 amide bonds. The van der Waals surface area contributed by atoms with Crippen molar-refractivity contribution in [1.29, 1.82) is 0 Å². The molecule has 3 N–H and O–H groups in total. The zero-order valence-electron chi connectivity index (χ0n) is 12.6. The molecule has 0 radical (unpaired) electrons. The summed E-state index contributed by atoms with van der Waals surface area (Å²) in [5.74, 6) is 1.36. The average molecular weight is 303 g/mol. The highest BCUT2D eigenvalue weighted by Gasteiger charge is 2.03. The first-order valence-corrected chi connectivity index (χ1v) is 7.69. The number of hydrogen-bond acceptors (Lipinski definition) is 3. The number of guanidine groups is 1. The maximum Gasteiger partial charge on any atom is 0.189 e. The van der Waals surface area contributed by atoms with Gasteiger partial charge in [0.1, 0.15) is 5.75 Å². The number of aliphatic imine (C=N–C) groups is 1. The van der Waals surface area contributed by atoms with Crippen LogP contribution in [-0.4, -0.2) is 19.1 Å². The van der Waals surface area contributed by atoms with Crippen molar-refractivity contribution >= 4 is 17.3 Å². The predicted molar refractivity (Wildman–Crippen MR) is 89.9 cm³/mol. The summed E-state index contributed by atoms with van der Waals surface area (Å²) in [6, 6.07) is 12.6. The Morgan fingerprint density at radius 2 is 1.95 bits per heavy atom. The molecule has 0 fully saturated rings. The van der Waals surface area contributed by atoms with E-state index in [1.165, 1.54) is 15.3 Å². The highest BCUT2D eigenvalue weighted by molar-refractivity contribution is 7.15. The van der Waals surface area contributed by atoms with Gasteiger partial charge in [-0.2, -0.15) is 0 Å². The zero-order valence-corrected chi connectivity index (χ0v) is 13.4. The van der Waals surface area contributed by atoms with Crippen molar-refractivity contribution < 1.29 is 4.74 Å². The molecule has 0 bridgehead atoms. The van der Waals surface area contributed by atoms with E-state index in [9.17, 15) is 0 Å². The van der Waals surface area contributed by atoms with E-state index in [1.807, 2.05) is 26.0 Å². The van der Waals surface area contributed by atoms with Crippen molar-refractivity contribution in [3.8, 4) is 16.2 Å². The van der Waals surface area contributed by atoms with Crippen molar-refractivity contribution in [1.82, 2.24) is 5.32 Å². The fraction of sp³-hybridized carbons (Fsp3) is 0.312. The van der Waals surface area contributed by atoms with Gasteiger partial charge in [-0.05, 0) is 55.8 Å². The summed E-state index contributed by atoms with van der Waals surface area (Å²) in [6.45, 7) is 4.68. The second-order valence-electron chi connectivity index (χ2n) is 4.99. The van der Waals surface area contributed by atoms with Crippen LogP contribution >= 0.6 is 11.3 Å². The monoisotopic (exact) mass is 303 g/mol. The second kappa shape index (κ2) is 7.13. The van der Waals surface area contributed by atoms with Gasteiger partial charge in [0.05, 0.1) is 13.7 Å². The molecular formula is C16H21N3OS. The maximum atomic E-state index is 5.80. The minimum absolute atomic E-state index is 0.298. The van der Waals surface area contributed by atoms with Gasteiger partial charge >= 0.3 is 0 Å². The van der Waals surface area contributed by atoms with Gasteiger partial charge in [-0.15, -0.1) is 11.3 Å². The molecular weight excluding hydrogens is 282 g/mol. The van der Waals surface area contributed by atoms with Crippen molar-refractivity contribution in [3.05, 3.63) is 41.3 Å². The van der Waals surface area contributed by atoms with E-state index in [0.29, 0.717) is 18.5 Å². The number of nitrogens with two attached hydrogens (primary N) is 1. The number of hydrogen-bond donors (Lipinski definition) is 2. The lowest BCUT2D eigenvalue weighted by molar-refractivity contribution is 0.415. The Balaban J connectivity index is 2.03. The SMILES string of the molecule is COc1ccc(-c2ccc(CN=C(N)NC(C)C)s2)cc1. The van der Waals surface area contributed by atoms with Crippen LogP contribution in [0.3, 0.4) is 0 Å². The molecule has 0 atom stereocenters. The predicted octanol–water partition coefficient (Wildman–Crippen LogP) is 3.24. The van der Waals surface area contributed by atoms with Crippen LogP contribution in [0.15, 0.2) is 41.4 Å². The first-order chi connectivity index (χ1) is 10.1. The van der Waals surface area contributed by atoms with Gasteiger partial charge in [-0.25, -0.2) is 4.99 Å². The van der Waals surface area contributed by atoms with Crippen LogP contribution in [0.5, 0.6) is 5.75 Å². The van der Waals surface area contributed by atoms with Crippen LogP contribution in [0.2, 0.25) is 0 Å².